The number of phenolic OH excluding ortho intramolecular Hbond substituents is 1. The van der Waals surface area contributed by atoms with Crippen LogP contribution in [-0.4, -0.2) is 22.2 Å². The van der Waals surface area contributed by atoms with E-state index < -0.39 is 17.7 Å². The Bertz CT molecular complexity index is 674. The molecule has 4 nitrogen and oxygen atoms in total. The van der Waals surface area contributed by atoms with Gasteiger partial charge in [-0.1, -0.05) is 0 Å². The van der Waals surface area contributed by atoms with E-state index in [1.54, 1.807) is 6.92 Å². The van der Waals surface area contributed by atoms with Crippen LogP contribution in [0.4, 0.5) is 13.2 Å². The SMILES string of the molecule is CCOC(=O)c1cc2c(C(F)(F)F)ccc(O)c2n1C. The number of hydrogen-bond donors (Lipinski definition) is 1. The van der Waals surface area contributed by atoms with Crippen molar-refractivity contribution in [2.75, 3.05) is 6.61 Å². The number of ether oxygens (including phenoxy) is 1. The Labute approximate surface area is 112 Å². The van der Waals surface area contributed by atoms with Crippen molar-refractivity contribution in [2.45, 2.75) is 13.1 Å². The lowest BCUT2D eigenvalue weighted by atomic mass is 10.1. The van der Waals surface area contributed by atoms with Gasteiger partial charge < -0.3 is 14.4 Å². The van der Waals surface area contributed by atoms with Gasteiger partial charge in [0.2, 0.25) is 0 Å². The predicted octanol–water partition coefficient (Wildman–Crippen LogP) is 3.08. The van der Waals surface area contributed by atoms with E-state index in [4.69, 9.17) is 4.74 Å². The molecule has 1 N–H and O–H groups in total. The first-order valence-corrected chi connectivity index (χ1v) is 5.83. The van der Waals surface area contributed by atoms with Gasteiger partial charge >= 0.3 is 12.1 Å². The Morgan fingerprint density at radius 3 is 2.60 bits per heavy atom. The van der Waals surface area contributed by atoms with Crippen LogP contribution in [0.2, 0.25) is 0 Å². The molecule has 20 heavy (non-hydrogen) atoms. The number of rotatable bonds is 2. The number of aromatic nitrogens is 1. The van der Waals surface area contributed by atoms with Crippen molar-refractivity contribution < 1.29 is 27.8 Å². The highest BCUT2D eigenvalue weighted by Gasteiger charge is 2.34. The lowest BCUT2D eigenvalue weighted by Crippen LogP contribution is -2.09. The Balaban J connectivity index is 2.75. The van der Waals surface area contributed by atoms with Gasteiger partial charge in [0.15, 0.2) is 0 Å². The lowest BCUT2D eigenvalue weighted by molar-refractivity contribution is -0.136. The van der Waals surface area contributed by atoms with Gasteiger partial charge in [0.25, 0.3) is 0 Å². The molecule has 2 rings (SSSR count). The molecule has 0 unspecified atom stereocenters. The number of aryl methyl sites for hydroxylation is 1. The maximum atomic E-state index is 12.9. The molecule has 0 aliphatic heterocycles. The number of esters is 1. The zero-order valence-electron chi connectivity index (χ0n) is 10.8. The van der Waals surface area contributed by atoms with Crippen LogP contribution >= 0.6 is 0 Å². The van der Waals surface area contributed by atoms with E-state index in [1.165, 1.54) is 11.6 Å². The number of hydrogen-bond acceptors (Lipinski definition) is 3. The fourth-order valence-corrected chi connectivity index (χ4v) is 2.10. The molecular weight excluding hydrogens is 275 g/mol. The minimum Gasteiger partial charge on any atom is -0.506 e. The van der Waals surface area contributed by atoms with Crippen molar-refractivity contribution in [3.63, 3.8) is 0 Å². The fraction of sp³-hybridized carbons (Fsp3) is 0.308. The third-order valence-corrected chi connectivity index (χ3v) is 2.96. The molecule has 0 aliphatic carbocycles. The number of alkyl halides is 3. The number of halogens is 3. The first-order valence-electron chi connectivity index (χ1n) is 5.83. The summed E-state index contributed by atoms with van der Waals surface area (Å²) in [5.74, 6) is -1.07. The van der Waals surface area contributed by atoms with Crippen LogP contribution in [0, 0.1) is 0 Å². The van der Waals surface area contributed by atoms with Gasteiger partial charge in [-0.3, -0.25) is 0 Å². The van der Waals surface area contributed by atoms with Gasteiger partial charge in [0.05, 0.1) is 17.7 Å². The summed E-state index contributed by atoms with van der Waals surface area (Å²) < 4.78 is 44.8. The van der Waals surface area contributed by atoms with Gasteiger partial charge in [0.1, 0.15) is 11.4 Å². The molecule has 7 heteroatoms. The Kier molecular flexibility index (Phi) is 3.37. The molecule has 0 radical (unpaired) electrons. The topological polar surface area (TPSA) is 51.5 Å². The third-order valence-electron chi connectivity index (χ3n) is 2.96. The van der Waals surface area contributed by atoms with Crippen LogP contribution in [0.1, 0.15) is 23.0 Å². The van der Waals surface area contributed by atoms with Crippen LogP contribution in [0.25, 0.3) is 10.9 Å². The number of phenols is 1. The minimum absolute atomic E-state index is 0.0474. The van der Waals surface area contributed by atoms with E-state index >= 15 is 0 Å². The van der Waals surface area contributed by atoms with Crippen molar-refractivity contribution in [3.8, 4) is 5.75 Å². The minimum atomic E-state index is -4.57. The number of carbonyl (C=O) groups is 1. The molecule has 0 fully saturated rings. The van der Waals surface area contributed by atoms with E-state index in [2.05, 4.69) is 0 Å². The summed E-state index contributed by atoms with van der Waals surface area (Å²) in [4.78, 5) is 11.7. The normalized spacial score (nSPS) is 11.8. The van der Waals surface area contributed by atoms with Crippen molar-refractivity contribution in [1.82, 2.24) is 4.57 Å². The first-order chi connectivity index (χ1) is 9.27. The molecule has 108 valence electrons. The molecule has 0 aliphatic rings. The molecule has 2 aromatic rings. The quantitative estimate of drug-likeness (QED) is 0.864. The van der Waals surface area contributed by atoms with E-state index in [-0.39, 0.29) is 29.0 Å². The van der Waals surface area contributed by atoms with E-state index in [0.717, 1.165) is 18.2 Å². The summed E-state index contributed by atoms with van der Waals surface area (Å²) in [5.41, 5.74) is -1.01. The smallest absolute Gasteiger partial charge is 0.417 e. The second kappa shape index (κ2) is 4.73. The summed E-state index contributed by atoms with van der Waals surface area (Å²) in [6.45, 7) is 1.71. The summed E-state index contributed by atoms with van der Waals surface area (Å²) in [6.07, 6.45) is -4.57. The standard InChI is InChI=1S/C13H12F3NO3/c1-3-20-12(19)9-6-7-8(13(14,15)16)4-5-10(18)11(7)17(9)2/h4-6,18H,3H2,1-2H3. The Morgan fingerprint density at radius 1 is 1.40 bits per heavy atom. The van der Waals surface area contributed by atoms with Gasteiger partial charge in [-0.2, -0.15) is 13.2 Å². The fourth-order valence-electron chi connectivity index (χ4n) is 2.10. The highest BCUT2D eigenvalue weighted by molar-refractivity contribution is 5.99. The molecule has 1 aromatic carbocycles. The largest absolute Gasteiger partial charge is 0.506 e. The second-order valence-electron chi connectivity index (χ2n) is 4.20. The summed E-state index contributed by atoms with van der Waals surface area (Å²) in [6, 6.07) is 2.82. The highest BCUT2D eigenvalue weighted by atomic mass is 19.4. The summed E-state index contributed by atoms with van der Waals surface area (Å²) >= 11 is 0. The van der Waals surface area contributed by atoms with Crippen LogP contribution in [-0.2, 0) is 18.0 Å². The van der Waals surface area contributed by atoms with E-state index in [0.29, 0.717) is 0 Å². The van der Waals surface area contributed by atoms with Crippen molar-refractivity contribution in [3.05, 3.63) is 29.5 Å². The van der Waals surface area contributed by atoms with Gasteiger partial charge in [-0.05, 0) is 25.1 Å². The number of nitrogens with zero attached hydrogens (tertiary/aromatic N) is 1. The van der Waals surface area contributed by atoms with Gasteiger partial charge in [-0.15, -0.1) is 0 Å². The Morgan fingerprint density at radius 2 is 2.05 bits per heavy atom. The van der Waals surface area contributed by atoms with E-state index in [9.17, 15) is 23.1 Å². The molecule has 1 aromatic heterocycles. The van der Waals surface area contributed by atoms with Crippen LogP contribution in [0.15, 0.2) is 18.2 Å². The molecular formula is C13H12F3NO3. The molecule has 0 spiro atoms. The molecule has 0 saturated carbocycles. The van der Waals surface area contributed by atoms with Gasteiger partial charge in [-0.25, -0.2) is 4.79 Å². The van der Waals surface area contributed by atoms with Gasteiger partial charge in [0, 0.05) is 12.4 Å². The number of aromatic hydroxyl groups is 1. The van der Waals surface area contributed by atoms with Crippen LogP contribution in [0.3, 0.4) is 0 Å². The molecule has 0 saturated heterocycles. The van der Waals surface area contributed by atoms with Crippen LogP contribution in [0.5, 0.6) is 5.75 Å². The summed E-state index contributed by atoms with van der Waals surface area (Å²) in [5, 5.41) is 9.49. The number of carbonyl (C=O) groups excluding carboxylic acids is 1. The third kappa shape index (κ3) is 2.19. The number of fused-ring (bicyclic) bond motifs is 1. The monoisotopic (exact) mass is 287 g/mol. The zero-order valence-corrected chi connectivity index (χ0v) is 10.8. The van der Waals surface area contributed by atoms with E-state index in [1.807, 2.05) is 0 Å². The highest BCUT2D eigenvalue weighted by Crippen LogP contribution is 2.39. The average Bonchev–Trinajstić information content (AvgIpc) is 2.67. The maximum Gasteiger partial charge on any atom is 0.417 e. The molecule has 1 heterocycles. The lowest BCUT2D eigenvalue weighted by Gasteiger charge is -2.09. The predicted molar refractivity (Wildman–Crippen MR) is 65.5 cm³/mol. The number of benzene rings is 1. The molecule has 0 bridgehead atoms. The average molecular weight is 287 g/mol. The molecule has 0 amide bonds. The van der Waals surface area contributed by atoms with Crippen molar-refractivity contribution in [2.24, 2.45) is 7.05 Å². The zero-order chi connectivity index (χ0) is 15.1. The molecule has 0 atom stereocenters. The van der Waals surface area contributed by atoms with Crippen molar-refractivity contribution in [1.29, 1.82) is 0 Å². The maximum absolute atomic E-state index is 12.9. The van der Waals surface area contributed by atoms with Crippen molar-refractivity contribution >= 4 is 16.9 Å². The Hall–Kier alpha value is -2.18. The van der Waals surface area contributed by atoms with Crippen LogP contribution < -0.4 is 0 Å². The first kappa shape index (κ1) is 14.2. The summed E-state index contributed by atoms with van der Waals surface area (Å²) in [7, 11) is 1.40. The second-order valence-corrected chi connectivity index (χ2v) is 4.20.